The van der Waals surface area contributed by atoms with Gasteiger partial charge in [0.15, 0.2) is 5.69 Å². The lowest BCUT2D eigenvalue weighted by Gasteiger charge is -2.07. The van der Waals surface area contributed by atoms with Gasteiger partial charge in [0.1, 0.15) is 0 Å². The van der Waals surface area contributed by atoms with E-state index >= 15 is 0 Å². The Bertz CT molecular complexity index is 751. The number of urea groups is 1. The summed E-state index contributed by atoms with van der Waals surface area (Å²) in [5, 5.41) is 13.5. The molecule has 1 aromatic heterocycles. The number of benzene rings is 1. The molecule has 1 heterocycles. The van der Waals surface area contributed by atoms with Gasteiger partial charge in [-0.15, -0.1) is 5.10 Å². The molecule has 0 atom stereocenters. The number of nitrogens with one attached hydrogen (secondary N) is 3. The van der Waals surface area contributed by atoms with Crippen LogP contribution < -0.4 is 16.1 Å². The van der Waals surface area contributed by atoms with Crippen LogP contribution in [0.3, 0.4) is 0 Å². The Morgan fingerprint density at radius 1 is 1.25 bits per heavy atom. The largest absolute Gasteiger partial charge is 0.348 e. The molecular weight excluding hydrogens is 312 g/mol. The van der Waals surface area contributed by atoms with Gasteiger partial charge in [-0.3, -0.25) is 9.63 Å². The van der Waals surface area contributed by atoms with Crippen LogP contribution >= 0.6 is 0 Å². The van der Waals surface area contributed by atoms with Gasteiger partial charge in [0.2, 0.25) is 0 Å². The minimum absolute atomic E-state index is 0.198. The maximum Gasteiger partial charge on any atom is 0.343 e. The van der Waals surface area contributed by atoms with E-state index in [2.05, 4.69) is 31.3 Å². The van der Waals surface area contributed by atoms with Gasteiger partial charge in [0.05, 0.1) is 18.5 Å². The number of carbonyl (C=O) groups is 2. The zero-order valence-corrected chi connectivity index (χ0v) is 13.4. The van der Waals surface area contributed by atoms with Crippen LogP contribution in [0.15, 0.2) is 24.3 Å². The van der Waals surface area contributed by atoms with Crippen molar-refractivity contribution in [2.24, 2.45) is 0 Å². The molecule has 1 aliphatic carbocycles. The van der Waals surface area contributed by atoms with Crippen molar-refractivity contribution in [2.75, 3.05) is 12.4 Å². The lowest BCUT2D eigenvalue weighted by atomic mass is 10.2. The summed E-state index contributed by atoms with van der Waals surface area (Å²) in [6.07, 6.45) is 2.04. The fraction of sp³-hybridized carbons (Fsp3) is 0.333. The smallest absolute Gasteiger partial charge is 0.343 e. The molecule has 9 heteroatoms. The molecule has 0 unspecified atom stereocenters. The molecule has 0 spiro atoms. The Morgan fingerprint density at radius 3 is 2.58 bits per heavy atom. The van der Waals surface area contributed by atoms with Crippen LogP contribution in [-0.4, -0.2) is 40.1 Å². The van der Waals surface area contributed by atoms with Gasteiger partial charge >= 0.3 is 6.03 Å². The molecule has 1 aliphatic rings. The van der Waals surface area contributed by atoms with Crippen LogP contribution in [0, 0.1) is 6.92 Å². The van der Waals surface area contributed by atoms with Crippen molar-refractivity contribution in [3.63, 3.8) is 0 Å². The van der Waals surface area contributed by atoms with E-state index < -0.39 is 6.03 Å². The monoisotopic (exact) mass is 330 g/mol. The van der Waals surface area contributed by atoms with Gasteiger partial charge in [-0.1, -0.05) is 5.21 Å². The van der Waals surface area contributed by atoms with E-state index in [1.165, 1.54) is 7.11 Å². The first-order valence-corrected chi connectivity index (χ1v) is 7.52. The first-order chi connectivity index (χ1) is 11.6. The predicted octanol–water partition coefficient (Wildman–Crippen LogP) is 1.15. The Hall–Kier alpha value is -2.94. The average Bonchev–Trinajstić information content (AvgIpc) is 3.28. The summed E-state index contributed by atoms with van der Waals surface area (Å²) in [5.74, 6) is -0.198. The highest BCUT2D eigenvalue weighted by atomic mass is 16.6. The summed E-state index contributed by atoms with van der Waals surface area (Å²) in [4.78, 5) is 28.0. The molecule has 0 bridgehead atoms. The number of nitrogens with zero attached hydrogens (tertiary/aromatic N) is 3. The van der Waals surface area contributed by atoms with Crippen molar-refractivity contribution in [3.8, 4) is 5.69 Å². The number of amides is 3. The molecule has 3 N–H and O–H groups in total. The van der Waals surface area contributed by atoms with Gasteiger partial charge in [-0.05, 0) is 44.0 Å². The maximum absolute atomic E-state index is 12.1. The molecule has 0 aliphatic heterocycles. The van der Waals surface area contributed by atoms with Gasteiger partial charge in [0.25, 0.3) is 5.91 Å². The highest BCUT2D eigenvalue weighted by Crippen LogP contribution is 2.20. The van der Waals surface area contributed by atoms with Gasteiger partial charge in [-0.25, -0.2) is 15.0 Å². The molecule has 0 saturated heterocycles. The number of rotatable bonds is 5. The third-order valence-electron chi connectivity index (χ3n) is 3.59. The Kier molecular flexibility index (Phi) is 4.43. The van der Waals surface area contributed by atoms with Gasteiger partial charge < -0.3 is 10.6 Å². The second-order valence-electron chi connectivity index (χ2n) is 5.49. The van der Waals surface area contributed by atoms with Crippen molar-refractivity contribution >= 4 is 17.6 Å². The zero-order chi connectivity index (χ0) is 17.1. The Labute approximate surface area is 138 Å². The number of hydroxylamine groups is 1. The number of hydrogen-bond donors (Lipinski definition) is 3. The summed E-state index contributed by atoms with van der Waals surface area (Å²) in [7, 11) is 1.35. The van der Waals surface area contributed by atoms with Crippen molar-refractivity contribution in [2.45, 2.75) is 25.8 Å². The van der Waals surface area contributed by atoms with Crippen LogP contribution in [-0.2, 0) is 4.84 Å². The topological polar surface area (TPSA) is 110 Å². The summed E-state index contributed by atoms with van der Waals surface area (Å²) < 4.78 is 1.58. The summed E-state index contributed by atoms with van der Waals surface area (Å²) >= 11 is 0. The van der Waals surface area contributed by atoms with Gasteiger partial charge in [0, 0.05) is 11.7 Å². The normalized spacial score (nSPS) is 13.4. The molecule has 2 aromatic rings. The molecule has 0 radical (unpaired) electrons. The lowest BCUT2D eigenvalue weighted by molar-refractivity contribution is 0.0945. The number of hydrogen-bond acceptors (Lipinski definition) is 5. The maximum atomic E-state index is 12.1. The standard InChI is InChI=1S/C15H18N6O3/c1-9-13(14(22)16-10-3-4-10)18-20-21(9)12-7-5-11(6-8-12)17-15(23)19-24-2/h5-8,10H,3-4H2,1-2H3,(H,16,22)(H2,17,19,23). The fourth-order valence-electron chi connectivity index (χ4n) is 2.20. The summed E-state index contributed by atoms with van der Waals surface area (Å²) in [6.45, 7) is 1.79. The van der Waals surface area contributed by atoms with Crippen LogP contribution in [0.2, 0.25) is 0 Å². The van der Waals surface area contributed by atoms with Crippen LogP contribution in [0.4, 0.5) is 10.5 Å². The quantitative estimate of drug-likeness (QED) is 0.712. The SMILES string of the molecule is CONC(=O)Nc1ccc(-n2nnc(C(=O)NC3CC3)c2C)cc1. The number of carbonyl (C=O) groups excluding carboxylic acids is 2. The van der Waals surface area contributed by atoms with Crippen molar-refractivity contribution in [1.82, 2.24) is 25.8 Å². The number of aromatic nitrogens is 3. The van der Waals surface area contributed by atoms with E-state index in [0.717, 1.165) is 18.5 Å². The average molecular weight is 330 g/mol. The minimum Gasteiger partial charge on any atom is -0.348 e. The van der Waals surface area contributed by atoms with Crippen molar-refractivity contribution in [1.29, 1.82) is 0 Å². The molecule has 9 nitrogen and oxygen atoms in total. The molecule has 1 saturated carbocycles. The number of anilines is 1. The molecule has 24 heavy (non-hydrogen) atoms. The second kappa shape index (κ2) is 6.67. The zero-order valence-electron chi connectivity index (χ0n) is 13.4. The van der Waals surface area contributed by atoms with Crippen molar-refractivity contribution < 1.29 is 14.4 Å². The van der Waals surface area contributed by atoms with Crippen LogP contribution in [0.1, 0.15) is 29.0 Å². The van der Waals surface area contributed by atoms with Crippen LogP contribution in [0.5, 0.6) is 0 Å². The lowest BCUT2D eigenvalue weighted by Crippen LogP contribution is -2.27. The molecular formula is C15H18N6O3. The van der Waals surface area contributed by atoms with E-state index in [-0.39, 0.29) is 11.9 Å². The second-order valence-corrected chi connectivity index (χ2v) is 5.49. The van der Waals surface area contributed by atoms with Gasteiger partial charge in [-0.2, -0.15) is 0 Å². The van der Waals surface area contributed by atoms with Crippen LogP contribution in [0.25, 0.3) is 5.69 Å². The first kappa shape index (κ1) is 15.9. The fourth-order valence-corrected chi connectivity index (χ4v) is 2.20. The summed E-state index contributed by atoms with van der Waals surface area (Å²) in [6, 6.07) is 6.77. The molecule has 126 valence electrons. The third kappa shape index (κ3) is 3.51. The van der Waals surface area contributed by atoms with E-state index in [0.29, 0.717) is 17.1 Å². The van der Waals surface area contributed by atoms with E-state index in [1.54, 1.807) is 35.9 Å². The molecule has 3 amide bonds. The Morgan fingerprint density at radius 2 is 1.96 bits per heavy atom. The predicted molar refractivity (Wildman–Crippen MR) is 85.7 cm³/mol. The third-order valence-corrected chi connectivity index (χ3v) is 3.59. The summed E-state index contributed by atoms with van der Waals surface area (Å²) in [5.41, 5.74) is 4.48. The molecule has 1 fully saturated rings. The van der Waals surface area contributed by atoms with E-state index in [1.807, 2.05) is 0 Å². The van der Waals surface area contributed by atoms with E-state index in [9.17, 15) is 9.59 Å². The van der Waals surface area contributed by atoms with Crippen molar-refractivity contribution in [3.05, 3.63) is 35.7 Å². The minimum atomic E-state index is -0.471. The molecule has 1 aromatic carbocycles. The van der Waals surface area contributed by atoms with E-state index in [4.69, 9.17) is 0 Å². The first-order valence-electron chi connectivity index (χ1n) is 7.52. The Balaban J connectivity index is 1.73. The molecule has 3 rings (SSSR count). The highest BCUT2D eigenvalue weighted by molar-refractivity contribution is 5.93. The highest BCUT2D eigenvalue weighted by Gasteiger charge is 2.26.